The molecule has 3 aromatic carbocycles. The molecule has 1 saturated heterocycles. The average molecular weight is 498 g/mol. The van der Waals surface area contributed by atoms with Crippen LogP contribution in [-0.4, -0.2) is 44.0 Å². The Morgan fingerprint density at radius 2 is 1.38 bits per heavy atom. The average Bonchev–Trinajstić information content (AvgIpc) is 3.19. The highest BCUT2D eigenvalue weighted by molar-refractivity contribution is 6.51. The van der Waals surface area contributed by atoms with Crippen molar-refractivity contribution < 1.29 is 14.7 Å². The second kappa shape index (κ2) is 10.9. The number of aliphatic hydroxyl groups is 1. The molecule has 1 N–H and O–H groups in total. The lowest BCUT2D eigenvalue weighted by atomic mass is 9.94. The normalized spacial score (nSPS) is 16.8. The van der Waals surface area contributed by atoms with Crippen LogP contribution in [0.1, 0.15) is 43.5 Å². The van der Waals surface area contributed by atoms with Gasteiger partial charge in [-0.3, -0.25) is 14.5 Å². The Balaban J connectivity index is 1.87. The minimum atomic E-state index is -0.748. The standard InChI is InChI=1S/C31H35N3O3/c1-6-21-9-11-23(12-10-21)29(35)27-28(22-13-15-25(16-14-22)33(7-2)8-3)34(31(37)30(27)36)26-19-17-24(18-20-26)32(4)5/h9-20,28,35H,6-8H2,1-5H3/b29-27+. The molecule has 1 heterocycles. The number of Topliss-reactive ketones (excluding diaryl/α,β-unsaturated/α-hetero) is 1. The second-order valence-corrected chi connectivity index (χ2v) is 9.39. The van der Waals surface area contributed by atoms with Gasteiger partial charge in [-0.1, -0.05) is 43.3 Å². The van der Waals surface area contributed by atoms with Crippen molar-refractivity contribution >= 4 is 34.5 Å². The van der Waals surface area contributed by atoms with Crippen LogP contribution in [0.3, 0.4) is 0 Å². The number of anilines is 3. The minimum absolute atomic E-state index is 0.0986. The Kier molecular flexibility index (Phi) is 7.67. The van der Waals surface area contributed by atoms with Crippen molar-refractivity contribution in [2.75, 3.05) is 41.9 Å². The summed E-state index contributed by atoms with van der Waals surface area (Å²) >= 11 is 0. The third-order valence-corrected chi connectivity index (χ3v) is 7.06. The summed E-state index contributed by atoms with van der Waals surface area (Å²) in [5.41, 5.74) is 5.16. The maximum absolute atomic E-state index is 13.4. The van der Waals surface area contributed by atoms with Gasteiger partial charge in [0.15, 0.2) is 0 Å². The zero-order chi connectivity index (χ0) is 26.7. The summed E-state index contributed by atoms with van der Waals surface area (Å²) in [4.78, 5) is 32.6. The molecule has 1 aliphatic heterocycles. The van der Waals surface area contributed by atoms with Crippen LogP contribution >= 0.6 is 0 Å². The van der Waals surface area contributed by atoms with E-state index >= 15 is 0 Å². The molecule has 1 aliphatic rings. The zero-order valence-electron chi connectivity index (χ0n) is 22.2. The van der Waals surface area contributed by atoms with Crippen molar-refractivity contribution in [1.29, 1.82) is 0 Å². The Bertz CT molecular complexity index is 1290. The number of aryl methyl sites for hydroxylation is 1. The molecule has 192 valence electrons. The van der Waals surface area contributed by atoms with Crippen molar-refractivity contribution in [3.05, 3.63) is 95.1 Å². The molecule has 0 aromatic heterocycles. The summed E-state index contributed by atoms with van der Waals surface area (Å²) in [5, 5.41) is 11.4. The fraction of sp³-hybridized carbons (Fsp3) is 0.290. The third-order valence-electron chi connectivity index (χ3n) is 7.06. The number of amides is 1. The highest BCUT2D eigenvalue weighted by Gasteiger charge is 2.47. The van der Waals surface area contributed by atoms with Crippen LogP contribution in [0, 0.1) is 0 Å². The summed E-state index contributed by atoms with van der Waals surface area (Å²) < 4.78 is 0. The Hall–Kier alpha value is -4.06. The van der Waals surface area contributed by atoms with Crippen LogP contribution in [0.15, 0.2) is 78.4 Å². The van der Waals surface area contributed by atoms with Crippen molar-refractivity contribution in [3.63, 3.8) is 0 Å². The number of rotatable bonds is 8. The van der Waals surface area contributed by atoms with Gasteiger partial charge in [-0.15, -0.1) is 0 Å². The number of ketones is 1. The predicted molar refractivity (Wildman–Crippen MR) is 151 cm³/mol. The molecule has 3 aromatic rings. The number of carbonyl (C=O) groups is 2. The molecule has 0 saturated carbocycles. The smallest absolute Gasteiger partial charge is 0.300 e. The van der Waals surface area contributed by atoms with Crippen molar-refractivity contribution in [3.8, 4) is 0 Å². The van der Waals surface area contributed by atoms with Crippen LogP contribution in [0.25, 0.3) is 5.76 Å². The van der Waals surface area contributed by atoms with Crippen LogP contribution in [0.5, 0.6) is 0 Å². The molecule has 4 rings (SSSR count). The topological polar surface area (TPSA) is 64.1 Å². The van der Waals surface area contributed by atoms with Gasteiger partial charge in [-0.05, 0) is 67.8 Å². The maximum atomic E-state index is 13.4. The highest BCUT2D eigenvalue weighted by atomic mass is 16.3. The summed E-state index contributed by atoms with van der Waals surface area (Å²) in [6.07, 6.45) is 0.868. The van der Waals surface area contributed by atoms with E-state index in [1.54, 1.807) is 12.1 Å². The van der Waals surface area contributed by atoms with E-state index < -0.39 is 17.7 Å². The monoisotopic (exact) mass is 497 g/mol. The quantitative estimate of drug-likeness (QED) is 0.243. The predicted octanol–water partition coefficient (Wildman–Crippen LogP) is 5.79. The van der Waals surface area contributed by atoms with Crippen LogP contribution in [-0.2, 0) is 16.0 Å². The van der Waals surface area contributed by atoms with Gasteiger partial charge >= 0.3 is 0 Å². The number of hydrogen-bond donors (Lipinski definition) is 1. The molecule has 1 fully saturated rings. The van der Waals surface area contributed by atoms with E-state index in [1.165, 1.54) is 4.90 Å². The lowest BCUT2D eigenvalue weighted by Crippen LogP contribution is -2.29. The Labute approximate surface area is 219 Å². The molecule has 0 spiro atoms. The summed E-state index contributed by atoms with van der Waals surface area (Å²) in [5.74, 6) is -1.50. The van der Waals surface area contributed by atoms with Crippen LogP contribution in [0.4, 0.5) is 17.1 Å². The number of carbonyl (C=O) groups excluding carboxylic acids is 2. The van der Waals surface area contributed by atoms with Crippen molar-refractivity contribution in [2.24, 2.45) is 0 Å². The SMILES string of the molecule is CCc1ccc(/C(O)=C2\C(=O)C(=O)N(c3ccc(N(C)C)cc3)C2c2ccc(N(CC)CC)cc2)cc1. The van der Waals surface area contributed by atoms with Gasteiger partial charge in [0, 0.05) is 49.8 Å². The molecule has 1 amide bonds. The number of aliphatic hydroxyl groups excluding tert-OH is 1. The first-order valence-electron chi connectivity index (χ1n) is 12.8. The number of benzene rings is 3. The largest absolute Gasteiger partial charge is 0.507 e. The second-order valence-electron chi connectivity index (χ2n) is 9.39. The van der Waals surface area contributed by atoms with Gasteiger partial charge in [-0.2, -0.15) is 0 Å². The van der Waals surface area contributed by atoms with E-state index in [0.717, 1.165) is 42.0 Å². The lowest BCUT2D eigenvalue weighted by molar-refractivity contribution is -0.132. The van der Waals surface area contributed by atoms with Crippen molar-refractivity contribution in [1.82, 2.24) is 0 Å². The molecule has 1 atom stereocenters. The molecule has 0 aliphatic carbocycles. The van der Waals surface area contributed by atoms with Crippen LogP contribution < -0.4 is 14.7 Å². The van der Waals surface area contributed by atoms with E-state index in [-0.39, 0.29) is 11.3 Å². The first-order chi connectivity index (χ1) is 17.8. The van der Waals surface area contributed by atoms with E-state index in [9.17, 15) is 14.7 Å². The molecular formula is C31H35N3O3. The van der Waals surface area contributed by atoms with Gasteiger partial charge in [0.1, 0.15) is 5.76 Å². The highest BCUT2D eigenvalue weighted by Crippen LogP contribution is 2.42. The van der Waals surface area contributed by atoms with E-state index in [1.807, 2.05) is 79.7 Å². The van der Waals surface area contributed by atoms with Crippen LogP contribution in [0.2, 0.25) is 0 Å². The fourth-order valence-electron chi connectivity index (χ4n) is 4.84. The van der Waals surface area contributed by atoms with Gasteiger partial charge in [0.2, 0.25) is 0 Å². The van der Waals surface area contributed by atoms with Gasteiger partial charge in [0.25, 0.3) is 11.7 Å². The molecule has 37 heavy (non-hydrogen) atoms. The third kappa shape index (κ3) is 4.96. The van der Waals surface area contributed by atoms with E-state index in [4.69, 9.17) is 0 Å². The first kappa shape index (κ1) is 26.0. The van der Waals surface area contributed by atoms with Gasteiger partial charge in [0.05, 0.1) is 11.6 Å². The minimum Gasteiger partial charge on any atom is -0.507 e. The number of hydrogen-bond acceptors (Lipinski definition) is 5. The van der Waals surface area contributed by atoms with E-state index in [0.29, 0.717) is 11.3 Å². The summed E-state index contributed by atoms with van der Waals surface area (Å²) in [6, 6.07) is 22.1. The molecule has 0 bridgehead atoms. The first-order valence-corrected chi connectivity index (χ1v) is 12.8. The van der Waals surface area contributed by atoms with Crippen molar-refractivity contribution in [2.45, 2.75) is 33.2 Å². The number of nitrogens with zero attached hydrogens (tertiary/aromatic N) is 3. The molecule has 0 radical (unpaired) electrons. The molecule has 6 heteroatoms. The Morgan fingerprint density at radius 1 is 0.811 bits per heavy atom. The Morgan fingerprint density at radius 3 is 1.89 bits per heavy atom. The lowest BCUT2D eigenvalue weighted by Gasteiger charge is -2.27. The summed E-state index contributed by atoms with van der Waals surface area (Å²) in [7, 11) is 3.89. The molecule has 1 unspecified atom stereocenters. The maximum Gasteiger partial charge on any atom is 0.300 e. The zero-order valence-corrected chi connectivity index (χ0v) is 22.2. The van der Waals surface area contributed by atoms with Gasteiger partial charge < -0.3 is 14.9 Å². The fourth-order valence-corrected chi connectivity index (χ4v) is 4.84. The molecular weight excluding hydrogens is 462 g/mol. The van der Waals surface area contributed by atoms with E-state index in [2.05, 4.69) is 25.7 Å². The summed E-state index contributed by atoms with van der Waals surface area (Å²) in [6.45, 7) is 8.02. The van der Waals surface area contributed by atoms with Gasteiger partial charge in [-0.25, -0.2) is 0 Å². The molecule has 6 nitrogen and oxygen atoms in total.